The number of pyridine rings is 2. The Balaban J connectivity index is 1.66. The number of aromatic nitrogens is 2. The number of carbonyl (C=O) groups is 1. The van der Waals surface area contributed by atoms with Crippen LogP contribution in [0, 0.1) is 0 Å². The van der Waals surface area contributed by atoms with E-state index in [1.807, 2.05) is 24.3 Å². The van der Waals surface area contributed by atoms with Gasteiger partial charge in [0.15, 0.2) is 0 Å². The second-order valence-electron chi connectivity index (χ2n) is 5.97. The van der Waals surface area contributed by atoms with Crippen LogP contribution < -0.4 is 10.9 Å². The van der Waals surface area contributed by atoms with Crippen molar-refractivity contribution in [2.24, 2.45) is 0 Å². The molecule has 3 N–H and O–H groups in total. The molecule has 0 saturated heterocycles. The third kappa shape index (κ3) is 2.88. The van der Waals surface area contributed by atoms with Crippen LogP contribution in [0.25, 0.3) is 21.8 Å². The lowest BCUT2D eigenvalue weighted by atomic mass is 10.1. The number of H-pyrrole nitrogens is 1. The number of rotatable bonds is 4. The lowest BCUT2D eigenvalue weighted by molar-refractivity contribution is 0.0697. The second-order valence-corrected chi connectivity index (χ2v) is 5.97. The van der Waals surface area contributed by atoms with Gasteiger partial charge in [-0.3, -0.25) is 4.79 Å². The van der Waals surface area contributed by atoms with E-state index in [2.05, 4.69) is 15.3 Å². The molecule has 2 heterocycles. The molecule has 0 aliphatic heterocycles. The molecule has 0 atom stereocenters. The van der Waals surface area contributed by atoms with Gasteiger partial charge in [-0.1, -0.05) is 12.1 Å². The van der Waals surface area contributed by atoms with Crippen molar-refractivity contribution in [3.63, 3.8) is 0 Å². The quantitative estimate of drug-likeness (QED) is 0.493. The Morgan fingerprint density at radius 3 is 2.62 bits per heavy atom. The molecule has 0 aliphatic rings. The van der Waals surface area contributed by atoms with Crippen molar-refractivity contribution in [1.82, 2.24) is 9.97 Å². The number of aromatic amines is 1. The molecule has 0 aliphatic carbocycles. The van der Waals surface area contributed by atoms with E-state index >= 15 is 0 Å². The first-order valence-corrected chi connectivity index (χ1v) is 8.09. The van der Waals surface area contributed by atoms with Crippen LogP contribution in [0.4, 0.5) is 5.69 Å². The minimum Gasteiger partial charge on any atom is -0.478 e. The third-order valence-corrected chi connectivity index (χ3v) is 4.29. The van der Waals surface area contributed by atoms with Gasteiger partial charge in [0.1, 0.15) is 5.65 Å². The van der Waals surface area contributed by atoms with Gasteiger partial charge < -0.3 is 15.4 Å². The number of hydrogen-bond acceptors (Lipinski definition) is 4. The molecule has 0 radical (unpaired) electrons. The normalized spacial score (nSPS) is 10.9. The molecular formula is C20H15N3O3. The van der Waals surface area contributed by atoms with Crippen LogP contribution in [-0.2, 0) is 6.54 Å². The van der Waals surface area contributed by atoms with Crippen LogP contribution >= 0.6 is 0 Å². The summed E-state index contributed by atoms with van der Waals surface area (Å²) in [6.07, 6.45) is 1.65. The number of aromatic carboxylic acids is 1. The van der Waals surface area contributed by atoms with Gasteiger partial charge in [0.05, 0.1) is 5.56 Å². The fourth-order valence-corrected chi connectivity index (χ4v) is 2.94. The van der Waals surface area contributed by atoms with Crippen molar-refractivity contribution in [3.8, 4) is 0 Å². The second kappa shape index (κ2) is 6.33. The smallest absolute Gasteiger partial charge is 0.335 e. The van der Waals surface area contributed by atoms with Crippen LogP contribution in [0.1, 0.15) is 15.9 Å². The largest absolute Gasteiger partial charge is 0.478 e. The van der Waals surface area contributed by atoms with E-state index in [4.69, 9.17) is 5.11 Å². The Morgan fingerprint density at radius 2 is 1.85 bits per heavy atom. The minimum absolute atomic E-state index is 0.165. The Kier molecular flexibility index (Phi) is 3.85. The molecule has 2 aromatic heterocycles. The summed E-state index contributed by atoms with van der Waals surface area (Å²) in [7, 11) is 0. The van der Waals surface area contributed by atoms with Crippen molar-refractivity contribution in [2.75, 3.05) is 5.32 Å². The van der Waals surface area contributed by atoms with Crippen molar-refractivity contribution in [3.05, 3.63) is 82.3 Å². The van der Waals surface area contributed by atoms with Gasteiger partial charge in [0.25, 0.3) is 5.56 Å². The van der Waals surface area contributed by atoms with Crippen LogP contribution in [0.5, 0.6) is 0 Å². The molecule has 6 nitrogen and oxygen atoms in total. The highest BCUT2D eigenvalue weighted by atomic mass is 16.4. The molecule has 2 aromatic carbocycles. The molecule has 0 fully saturated rings. The maximum Gasteiger partial charge on any atom is 0.335 e. The number of hydrogen-bond donors (Lipinski definition) is 3. The van der Waals surface area contributed by atoms with E-state index in [-0.39, 0.29) is 11.1 Å². The molecule has 0 saturated carbocycles. The predicted octanol–water partition coefficient (Wildman–Crippen LogP) is 3.39. The van der Waals surface area contributed by atoms with Crippen molar-refractivity contribution >= 4 is 33.5 Å². The Labute approximate surface area is 148 Å². The van der Waals surface area contributed by atoms with Gasteiger partial charge in [-0.05, 0) is 48.0 Å². The van der Waals surface area contributed by atoms with Crippen molar-refractivity contribution in [2.45, 2.75) is 6.54 Å². The fraction of sp³-hybridized carbons (Fsp3) is 0.0500. The summed E-state index contributed by atoms with van der Waals surface area (Å²) in [4.78, 5) is 30.1. The zero-order valence-corrected chi connectivity index (χ0v) is 13.7. The summed E-state index contributed by atoms with van der Waals surface area (Å²) < 4.78 is 0. The highest BCUT2D eigenvalue weighted by Gasteiger charge is 2.07. The maximum atomic E-state index is 12.2. The first kappa shape index (κ1) is 15.8. The maximum absolute atomic E-state index is 12.2. The summed E-state index contributed by atoms with van der Waals surface area (Å²) in [5.74, 6) is -0.940. The van der Waals surface area contributed by atoms with E-state index < -0.39 is 5.97 Å². The summed E-state index contributed by atoms with van der Waals surface area (Å²) in [5, 5.41) is 14.6. The van der Waals surface area contributed by atoms with Gasteiger partial charge in [-0.15, -0.1) is 0 Å². The minimum atomic E-state index is -0.940. The number of nitrogens with one attached hydrogen (secondary N) is 2. The Bertz CT molecular complexity index is 1180. The Morgan fingerprint density at radius 1 is 1.04 bits per heavy atom. The van der Waals surface area contributed by atoms with E-state index in [1.54, 1.807) is 36.5 Å². The molecule has 4 rings (SSSR count). The van der Waals surface area contributed by atoms with Gasteiger partial charge >= 0.3 is 5.97 Å². The molecule has 26 heavy (non-hydrogen) atoms. The summed E-state index contributed by atoms with van der Waals surface area (Å²) >= 11 is 0. The number of anilines is 1. The predicted molar refractivity (Wildman–Crippen MR) is 101 cm³/mol. The average Bonchev–Trinajstić information content (AvgIpc) is 2.67. The first-order chi connectivity index (χ1) is 12.6. The van der Waals surface area contributed by atoms with Crippen LogP contribution in [-0.4, -0.2) is 21.0 Å². The lowest BCUT2D eigenvalue weighted by Gasteiger charge is -2.09. The van der Waals surface area contributed by atoms with Crippen LogP contribution in [0.3, 0.4) is 0 Å². The molecule has 0 unspecified atom stereocenters. The number of carboxylic acid groups (broad SMARTS) is 1. The number of nitrogens with zero attached hydrogens (tertiary/aromatic N) is 1. The molecule has 6 heteroatoms. The summed E-state index contributed by atoms with van der Waals surface area (Å²) in [6.45, 7) is 0.546. The highest BCUT2D eigenvalue weighted by Crippen LogP contribution is 2.23. The monoisotopic (exact) mass is 345 g/mol. The van der Waals surface area contributed by atoms with Crippen molar-refractivity contribution in [1.29, 1.82) is 0 Å². The highest BCUT2D eigenvalue weighted by molar-refractivity contribution is 6.05. The number of fused-ring (bicyclic) bond motifs is 3. The molecule has 0 spiro atoms. The van der Waals surface area contributed by atoms with E-state index in [9.17, 15) is 9.59 Å². The van der Waals surface area contributed by atoms with Gasteiger partial charge in [-0.2, -0.15) is 0 Å². The molecule has 128 valence electrons. The van der Waals surface area contributed by atoms with Gasteiger partial charge in [0, 0.05) is 34.6 Å². The zero-order valence-electron chi connectivity index (χ0n) is 13.7. The van der Waals surface area contributed by atoms with Gasteiger partial charge in [-0.25, -0.2) is 9.78 Å². The zero-order chi connectivity index (χ0) is 18.1. The number of benzene rings is 2. The standard InChI is InChI=1S/C20H15N3O3/c24-19-16-8-7-14(10-17(16)15-2-1-9-21-18(15)23-19)22-11-12-3-5-13(6-4-12)20(25)26/h1-10,22H,11H2,(H,25,26)(H,21,23,24). The molecular weight excluding hydrogens is 330 g/mol. The fourth-order valence-electron chi connectivity index (χ4n) is 2.94. The topological polar surface area (TPSA) is 95.1 Å². The number of carboxylic acids is 1. The molecule has 0 bridgehead atoms. The molecule has 4 aromatic rings. The van der Waals surface area contributed by atoms with E-state index in [0.29, 0.717) is 17.6 Å². The van der Waals surface area contributed by atoms with Gasteiger partial charge in [0.2, 0.25) is 0 Å². The molecule has 0 amide bonds. The van der Waals surface area contributed by atoms with Crippen LogP contribution in [0.15, 0.2) is 65.6 Å². The average molecular weight is 345 g/mol. The lowest BCUT2D eigenvalue weighted by Crippen LogP contribution is -2.07. The third-order valence-electron chi connectivity index (χ3n) is 4.29. The Hall–Kier alpha value is -3.67. The van der Waals surface area contributed by atoms with Crippen molar-refractivity contribution < 1.29 is 9.90 Å². The summed E-state index contributed by atoms with van der Waals surface area (Å²) in [5.41, 5.74) is 2.49. The van der Waals surface area contributed by atoms with E-state index in [1.165, 1.54) is 0 Å². The SMILES string of the molecule is O=C(O)c1ccc(CNc2ccc3c(=O)[nH]c4ncccc4c3c2)cc1. The van der Waals surface area contributed by atoms with Crippen LogP contribution in [0.2, 0.25) is 0 Å². The first-order valence-electron chi connectivity index (χ1n) is 8.09. The van der Waals surface area contributed by atoms with E-state index in [0.717, 1.165) is 22.0 Å². The summed E-state index contributed by atoms with van der Waals surface area (Å²) in [6, 6.07) is 16.1.